The Labute approximate surface area is 150 Å². The van der Waals surface area contributed by atoms with Gasteiger partial charge in [-0.3, -0.25) is 4.68 Å². The predicted molar refractivity (Wildman–Crippen MR) is 96.7 cm³/mol. The van der Waals surface area contributed by atoms with E-state index in [0.29, 0.717) is 12.3 Å². The monoisotopic (exact) mass is 386 g/mol. The third-order valence-corrected chi connectivity index (χ3v) is 4.81. The molecule has 6 nitrogen and oxygen atoms in total. The van der Waals surface area contributed by atoms with Crippen LogP contribution in [0.2, 0.25) is 0 Å². The van der Waals surface area contributed by atoms with Crippen molar-refractivity contribution >= 4 is 28.0 Å². The molecule has 24 heavy (non-hydrogen) atoms. The van der Waals surface area contributed by atoms with Crippen molar-refractivity contribution in [3.05, 3.63) is 31.0 Å². The fourth-order valence-electron chi connectivity index (χ4n) is 3.66. The zero-order valence-electron chi connectivity index (χ0n) is 13.2. The highest BCUT2D eigenvalue weighted by Gasteiger charge is 2.27. The summed E-state index contributed by atoms with van der Waals surface area (Å²) in [5.74, 6) is 0.556. The van der Waals surface area contributed by atoms with E-state index in [0.717, 1.165) is 22.3 Å². The van der Waals surface area contributed by atoms with Gasteiger partial charge in [-0.1, -0.05) is 12.8 Å². The summed E-state index contributed by atoms with van der Waals surface area (Å²) in [7, 11) is 0. The molecule has 1 aliphatic carbocycles. The Morgan fingerprint density at radius 2 is 2.17 bits per heavy atom. The number of nitrogens with one attached hydrogen (secondary N) is 1. The molecule has 1 saturated carbocycles. The molecule has 3 aromatic heterocycles. The third kappa shape index (κ3) is 2.94. The fourth-order valence-corrected chi connectivity index (χ4v) is 3.66. The quantitative estimate of drug-likeness (QED) is 0.732. The molecule has 0 aliphatic heterocycles. The number of halogens is 1. The largest absolute Gasteiger partial charge is 0.346 e. The molecule has 1 fully saturated rings. The molecule has 1 atom stereocenters. The van der Waals surface area contributed by atoms with Crippen LogP contribution in [0.3, 0.4) is 0 Å². The Morgan fingerprint density at radius 3 is 2.96 bits per heavy atom. The van der Waals surface area contributed by atoms with Crippen LogP contribution in [0.1, 0.15) is 38.1 Å². The molecule has 0 amide bonds. The smallest absolute Gasteiger partial charge is 0.141 e. The molecule has 0 unspecified atom stereocenters. The van der Waals surface area contributed by atoms with Crippen LogP contribution < -0.4 is 0 Å². The number of aromatic nitrogens is 5. The molecular weight excluding hydrogens is 368 g/mol. The van der Waals surface area contributed by atoms with E-state index >= 15 is 0 Å². The summed E-state index contributed by atoms with van der Waals surface area (Å²) >= 11 is 0. The molecule has 0 spiro atoms. The highest BCUT2D eigenvalue weighted by Crippen LogP contribution is 2.36. The molecule has 3 aromatic rings. The van der Waals surface area contributed by atoms with Crippen molar-refractivity contribution in [2.24, 2.45) is 5.92 Å². The van der Waals surface area contributed by atoms with Gasteiger partial charge in [0.25, 0.3) is 0 Å². The first-order valence-corrected chi connectivity index (χ1v) is 8.06. The maximum Gasteiger partial charge on any atom is 0.141 e. The molecule has 0 bridgehead atoms. The number of aromatic amines is 1. The first-order chi connectivity index (χ1) is 11.4. The van der Waals surface area contributed by atoms with Crippen molar-refractivity contribution in [3.63, 3.8) is 0 Å². The minimum Gasteiger partial charge on any atom is -0.346 e. The lowest BCUT2D eigenvalue weighted by atomic mass is 9.96. The zero-order valence-corrected chi connectivity index (χ0v) is 14.9. The van der Waals surface area contributed by atoms with E-state index in [1.54, 1.807) is 6.33 Å². The van der Waals surface area contributed by atoms with E-state index < -0.39 is 0 Å². The second-order valence-electron chi connectivity index (χ2n) is 6.15. The highest BCUT2D eigenvalue weighted by molar-refractivity contribution is 8.93. The van der Waals surface area contributed by atoms with E-state index in [9.17, 15) is 5.26 Å². The van der Waals surface area contributed by atoms with Gasteiger partial charge in [-0.05, 0) is 24.8 Å². The van der Waals surface area contributed by atoms with Crippen molar-refractivity contribution < 1.29 is 0 Å². The average molecular weight is 387 g/mol. The molecule has 3 heterocycles. The Kier molecular flexibility index (Phi) is 4.95. The average Bonchev–Trinajstić information content (AvgIpc) is 3.32. The third-order valence-electron chi connectivity index (χ3n) is 4.81. The van der Waals surface area contributed by atoms with Crippen LogP contribution in [-0.2, 0) is 0 Å². The van der Waals surface area contributed by atoms with E-state index in [-0.39, 0.29) is 23.0 Å². The minimum absolute atomic E-state index is 0. The molecule has 4 rings (SSSR count). The lowest BCUT2D eigenvalue weighted by molar-refractivity contribution is 0.315. The summed E-state index contributed by atoms with van der Waals surface area (Å²) in [6, 6.07) is 4.47. The van der Waals surface area contributed by atoms with Gasteiger partial charge in [0.05, 0.1) is 30.4 Å². The lowest BCUT2D eigenvalue weighted by Gasteiger charge is -2.21. The van der Waals surface area contributed by atoms with Crippen molar-refractivity contribution in [2.75, 3.05) is 0 Å². The number of hydrogen-bond acceptors (Lipinski definition) is 4. The minimum atomic E-state index is 0. The van der Waals surface area contributed by atoms with Crippen LogP contribution in [0.15, 0.2) is 31.0 Å². The zero-order chi connectivity index (χ0) is 15.6. The van der Waals surface area contributed by atoms with Crippen molar-refractivity contribution in [2.45, 2.75) is 38.1 Å². The van der Waals surface area contributed by atoms with Crippen LogP contribution >= 0.6 is 17.0 Å². The van der Waals surface area contributed by atoms with E-state index in [4.69, 9.17) is 0 Å². The predicted octanol–water partition coefficient (Wildman–Crippen LogP) is 4.04. The molecule has 1 aliphatic rings. The van der Waals surface area contributed by atoms with Gasteiger partial charge < -0.3 is 4.98 Å². The van der Waals surface area contributed by atoms with Gasteiger partial charge in [-0.2, -0.15) is 10.4 Å². The summed E-state index contributed by atoms with van der Waals surface area (Å²) in [5.41, 5.74) is 2.68. The van der Waals surface area contributed by atoms with Gasteiger partial charge in [0.2, 0.25) is 0 Å². The SMILES string of the molecule is Br.N#CC[C@@H](C1CCCC1)n1cc(-c2ncnc3[nH]ccc23)cn1. The summed E-state index contributed by atoms with van der Waals surface area (Å²) in [6.45, 7) is 0. The van der Waals surface area contributed by atoms with Crippen LogP contribution in [0.25, 0.3) is 22.3 Å². The molecular formula is C17H19BrN6. The van der Waals surface area contributed by atoms with E-state index in [2.05, 4.69) is 26.1 Å². The normalized spacial score (nSPS) is 16.0. The Bertz CT molecular complexity index is 855. The van der Waals surface area contributed by atoms with Crippen LogP contribution in [0.5, 0.6) is 0 Å². The maximum atomic E-state index is 9.18. The van der Waals surface area contributed by atoms with Gasteiger partial charge in [-0.25, -0.2) is 9.97 Å². The van der Waals surface area contributed by atoms with Gasteiger partial charge in [0, 0.05) is 23.3 Å². The van der Waals surface area contributed by atoms with E-state index in [1.807, 2.05) is 29.3 Å². The molecule has 124 valence electrons. The standard InChI is InChI=1S/C17H18N6.BrH/c18-7-5-15(12-3-1-2-4-12)23-10-13(9-22-23)16-14-6-8-19-17(14)21-11-20-16;/h6,8-12,15H,1-5H2,(H,19,20,21);1H/t15-;/m0./s1. The number of H-pyrrole nitrogens is 1. The summed E-state index contributed by atoms with van der Waals surface area (Å²) in [6.07, 6.45) is 12.7. The molecule has 0 radical (unpaired) electrons. The van der Waals surface area contributed by atoms with Crippen LogP contribution in [-0.4, -0.2) is 24.7 Å². The second-order valence-corrected chi connectivity index (χ2v) is 6.15. The first kappa shape index (κ1) is 16.7. The summed E-state index contributed by atoms with van der Waals surface area (Å²) in [5, 5.41) is 14.7. The van der Waals surface area contributed by atoms with Crippen molar-refractivity contribution in [1.29, 1.82) is 5.26 Å². The number of rotatable bonds is 4. The first-order valence-electron chi connectivity index (χ1n) is 8.06. The van der Waals surface area contributed by atoms with Crippen LogP contribution in [0.4, 0.5) is 0 Å². The van der Waals surface area contributed by atoms with Crippen LogP contribution in [0, 0.1) is 17.2 Å². The molecule has 0 saturated heterocycles. The number of nitrogens with zero attached hydrogens (tertiary/aromatic N) is 5. The second kappa shape index (κ2) is 7.14. The van der Waals surface area contributed by atoms with Gasteiger partial charge in [0.15, 0.2) is 0 Å². The topological polar surface area (TPSA) is 83.2 Å². The maximum absolute atomic E-state index is 9.18. The number of fused-ring (bicyclic) bond motifs is 1. The Hall–Kier alpha value is -2.20. The van der Waals surface area contributed by atoms with Crippen molar-refractivity contribution in [3.8, 4) is 17.3 Å². The highest BCUT2D eigenvalue weighted by atomic mass is 79.9. The Morgan fingerprint density at radius 1 is 1.33 bits per heavy atom. The van der Waals surface area contributed by atoms with Gasteiger partial charge in [-0.15, -0.1) is 17.0 Å². The summed E-state index contributed by atoms with van der Waals surface area (Å²) in [4.78, 5) is 11.7. The molecule has 1 N–H and O–H groups in total. The van der Waals surface area contributed by atoms with Gasteiger partial charge >= 0.3 is 0 Å². The van der Waals surface area contributed by atoms with Crippen molar-refractivity contribution in [1.82, 2.24) is 24.7 Å². The number of hydrogen-bond donors (Lipinski definition) is 1. The molecule has 7 heteroatoms. The fraction of sp³-hybridized carbons (Fsp3) is 0.412. The lowest BCUT2D eigenvalue weighted by Crippen LogP contribution is -2.17. The van der Waals surface area contributed by atoms with Gasteiger partial charge in [0.1, 0.15) is 12.0 Å². The Balaban J connectivity index is 0.00000169. The summed E-state index contributed by atoms with van der Waals surface area (Å²) < 4.78 is 1.97. The number of nitriles is 1. The molecule has 0 aromatic carbocycles. The van der Waals surface area contributed by atoms with E-state index in [1.165, 1.54) is 25.7 Å².